The summed E-state index contributed by atoms with van der Waals surface area (Å²) in [4.78, 5) is 16.3. The lowest BCUT2D eigenvalue weighted by Crippen LogP contribution is -2.31. The van der Waals surface area contributed by atoms with Gasteiger partial charge in [-0.15, -0.1) is 11.3 Å². The number of hydrogen-bond acceptors (Lipinski definition) is 4. The molecular formula is C14H22N2O2S. The Hall–Kier alpha value is -0.940. The molecule has 0 radical (unpaired) electrons. The molecule has 106 valence electrons. The van der Waals surface area contributed by atoms with Gasteiger partial charge in [-0.2, -0.15) is 0 Å². The quantitative estimate of drug-likeness (QED) is 0.872. The molecule has 19 heavy (non-hydrogen) atoms. The Morgan fingerprint density at radius 2 is 2.47 bits per heavy atom. The maximum atomic E-state index is 11.7. The summed E-state index contributed by atoms with van der Waals surface area (Å²) < 4.78 is 5.47. The molecule has 1 aromatic rings. The van der Waals surface area contributed by atoms with Crippen LogP contribution in [0.15, 0.2) is 5.38 Å². The molecule has 0 bridgehead atoms. The lowest BCUT2D eigenvalue weighted by atomic mass is 10.2. The van der Waals surface area contributed by atoms with Crippen LogP contribution in [-0.4, -0.2) is 30.1 Å². The van der Waals surface area contributed by atoms with Crippen molar-refractivity contribution >= 4 is 17.2 Å². The minimum atomic E-state index is 0.0943. The van der Waals surface area contributed by atoms with E-state index in [9.17, 15) is 4.79 Å². The highest BCUT2D eigenvalue weighted by molar-refractivity contribution is 7.09. The third-order valence-corrected chi connectivity index (χ3v) is 4.20. The molecule has 1 aliphatic rings. The Bertz CT molecular complexity index is 411. The normalized spacial score (nSPS) is 19.0. The van der Waals surface area contributed by atoms with Gasteiger partial charge in [-0.25, -0.2) is 4.98 Å². The Balaban J connectivity index is 1.67. The lowest BCUT2D eigenvalue weighted by molar-refractivity contribution is -0.121. The molecule has 5 heteroatoms. The summed E-state index contributed by atoms with van der Waals surface area (Å²) in [5, 5.41) is 6.08. The second-order valence-corrected chi connectivity index (χ2v) is 6.20. The van der Waals surface area contributed by atoms with Crippen molar-refractivity contribution in [2.45, 2.75) is 51.6 Å². The molecule has 1 amide bonds. The number of nitrogens with zero attached hydrogens (tertiary/aromatic N) is 1. The number of ether oxygens (including phenoxy) is 1. The Labute approximate surface area is 118 Å². The molecule has 2 rings (SSSR count). The number of aryl methyl sites for hydroxylation is 1. The third kappa shape index (κ3) is 4.58. The number of nitrogens with one attached hydrogen (secondary N) is 1. The molecular weight excluding hydrogens is 260 g/mol. The molecule has 0 aromatic carbocycles. The summed E-state index contributed by atoms with van der Waals surface area (Å²) in [7, 11) is 0. The molecule has 1 saturated heterocycles. The fourth-order valence-corrected chi connectivity index (χ4v) is 3.01. The second kappa shape index (κ2) is 7.01. The number of carbonyl (C=O) groups is 1. The fraction of sp³-hybridized carbons (Fsp3) is 0.714. The molecule has 1 atom stereocenters. The molecule has 2 heterocycles. The summed E-state index contributed by atoms with van der Waals surface area (Å²) in [5.74, 6) is 0.551. The van der Waals surface area contributed by atoms with Crippen LogP contribution in [0.5, 0.6) is 0 Å². The van der Waals surface area contributed by atoms with Crippen LogP contribution < -0.4 is 5.32 Å². The largest absolute Gasteiger partial charge is 0.376 e. The smallest absolute Gasteiger partial charge is 0.220 e. The average molecular weight is 282 g/mol. The van der Waals surface area contributed by atoms with Crippen molar-refractivity contribution in [3.05, 3.63) is 16.1 Å². The monoisotopic (exact) mass is 282 g/mol. The van der Waals surface area contributed by atoms with Gasteiger partial charge in [-0.3, -0.25) is 4.79 Å². The van der Waals surface area contributed by atoms with Crippen LogP contribution >= 0.6 is 11.3 Å². The summed E-state index contributed by atoms with van der Waals surface area (Å²) in [6.45, 7) is 5.74. The summed E-state index contributed by atoms with van der Waals surface area (Å²) >= 11 is 1.65. The lowest BCUT2D eigenvalue weighted by Gasteiger charge is -2.10. The maximum Gasteiger partial charge on any atom is 0.220 e. The van der Waals surface area contributed by atoms with Gasteiger partial charge in [-0.1, -0.05) is 13.8 Å². The van der Waals surface area contributed by atoms with Crippen LogP contribution in [0.4, 0.5) is 0 Å². The van der Waals surface area contributed by atoms with Gasteiger partial charge in [0.2, 0.25) is 5.91 Å². The van der Waals surface area contributed by atoms with E-state index in [4.69, 9.17) is 4.74 Å². The van der Waals surface area contributed by atoms with E-state index in [0.29, 0.717) is 18.9 Å². The maximum absolute atomic E-state index is 11.7. The van der Waals surface area contributed by atoms with Crippen LogP contribution in [0.1, 0.15) is 49.7 Å². The molecule has 0 saturated carbocycles. The number of rotatable bonds is 6. The molecule has 1 N–H and O–H groups in total. The predicted molar refractivity (Wildman–Crippen MR) is 76.5 cm³/mol. The van der Waals surface area contributed by atoms with Crippen molar-refractivity contribution in [3.63, 3.8) is 0 Å². The molecule has 1 unspecified atom stereocenters. The first kappa shape index (κ1) is 14.5. The van der Waals surface area contributed by atoms with E-state index in [0.717, 1.165) is 36.6 Å². The van der Waals surface area contributed by atoms with E-state index in [1.165, 1.54) is 0 Å². The Morgan fingerprint density at radius 3 is 3.11 bits per heavy atom. The van der Waals surface area contributed by atoms with E-state index in [1.54, 1.807) is 11.3 Å². The first-order valence-corrected chi connectivity index (χ1v) is 7.85. The van der Waals surface area contributed by atoms with Gasteiger partial charge in [0.1, 0.15) is 0 Å². The van der Waals surface area contributed by atoms with Gasteiger partial charge < -0.3 is 10.1 Å². The zero-order valence-electron chi connectivity index (χ0n) is 11.6. The van der Waals surface area contributed by atoms with Crippen molar-refractivity contribution in [3.8, 4) is 0 Å². The van der Waals surface area contributed by atoms with E-state index >= 15 is 0 Å². The van der Waals surface area contributed by atoms with Crippen molar-refractivity contribution < 1.29 is 9.53 Å². The molecule has 1 aromatic heterocycles. The van der Waals surface area contributed by atoms with Crippen LogP contribution in [0, 0.1) is 0 Å². The standard InChI is InChI=1S/C14H22N2O2S/c1-10(2)12-9-19-14(16-12)6-5-13(17)15-8-11-4-3-7-18-11/h9-11H,3-8H2,1-2H3,(H,15,17). The first-order valence-electron chi connectivity index (χ1n) is 6.97. The van der Waals surface area contributed by atoms with Gasteiger partial charge in [0.15, 0.2) is 0 Å². The number of hydrogen-bond donors (Lipinski definition) is 1. The Kier molecular flexibility index (Phi) is 5.34. The number of amides is 1. The summed E-state index contributed by atoms with van der Waals surface area (Å²) in [5.41, 5.74) is 1.12. The van der Waals surface area contributed by atoms with Crippen molar-refractivity contribution in [2.75, 3.05) is 13.2 Å². The van der Waals surface area contributed by atoms with Crippen molar-refractivity contribution in [2.24, 2.45) is 0 Å². The van der Waals surface area contributed by atoms with Crippen molar-refractivity contribution in [1.82, 2.24) is 10.3 Å². The van der Waals surface area contributed by atoms with Crippen LogP contribution in [0.25, 0.3) is 0 Å². The Morgan fingerprint density at radius 1 is 1.63 bits per heavy atom. The van der Waals surface area contributed by atoms with Crippen LogP contribution in [-0.2, 0) is 16.0 Å². The van der Waals surface area contributed by atoms with Gasteiger partial charge in [0.05, 0.1) is 16.8 Å². The fourth-order valence-electron chi connectivity index (χ4n) is 2.05. The number of carbonyl (C=O) groups excluding carboxylic acids is 1. The predicted octanol–water partition coefficient (Wildman–Crippen LogP) is 2.49. The topological polar surface area (TPSA) is 51.2 Å². The summed E-state index contributed by atoms with van der Waals surface area (Å²) in [6.07, 6.45) is 3.63. The number of thiazole rings is 1. The molecule has 1 fully saturated rings. The van der Waals surface area contributed by atoms with Crippen LogP contribution in [0.2, 0.25) is 0 Å². The summed E-state index contributed by atoms with van der Waals surface area (Å²) in [6, 6.07) is 0. The van der Waals surface area contributed by atoms with Gasteiger partial charge in [0.25, 0.3) is 0 Å². The highest BCUT2D eigenvalue weighted by atomic mass is 32.1. The highest BCUT2D eigenvalue weighted by Gasteiger charge is 2.16. The van der Waals surface area contributed by atoms with Gasteiger partial charge >= 0.3 is 0 Å². The van der Waals surface area contributed by atoms with Crippen molar-refractivity contribution in [1.29, 1.82) is 0 Å². The van der Waals surface area contributed by atoms with Crippen LogP contribution in [0.3, 0.4) is 0 Å². The van der Waals surface area contributed by atoms with E-state index in [2.05, 4.69) is 29.5 Å². The molecule has 0 aliphatic carbocycles. The highest BCUT2D eigenvalue weighted by Crippen LogP contribution is 2.18. The molecule has 1 aliphatic heterocycles. The molecule has 0 spiro atoms. The zero-order valence-corrected chi connectivity index (χ0v) is 12.5. The first-order chi connectivity index (χ1) is 9.15. The minimum absolute atomic E-state index is 0.0943. The van der Waals surface area contributed by atoms with Gasteiger partial charge in [0, 0.05) is 31.4 Å². The van der Waals surface area contributed by atoms with E-state index in [-0.39, 0.29) is 12.0 Å². The zero-order chi connectivity index (χ0) is 13.7. The SMILES string of the molecule is CC(C)c1csc(CCC(=O)NCC2CCCO2)n1. The average Bonchev–Trinajstić information content (AvgIpc) is 3.05. The minimum Gasteiger partial charge on any atom is -0.376 e. The molecule has 4 nitrogen and oxygen atoms in total. The second-order valence-electron chi connectivity index (χ2n) is 5.26. The third-order valence-electron chi connectivity index (χ3n) is 3.28. The number of aromatic nitrogens is 1. The van der Waals surface area contributed by atoms with E-state index in [1.807, 2.05) is 0 Å². The van der Waals surface area contributed by atoms with Gasteiger partial charge in [-0.05, 0) is 18.8 Å². The van der Waals surface area contributed by atoms with E-state index < -0.39 is 0 Å².